The first-order valence-corrected chi connectivity index (χ1v) is 10.3. The predicted molar refractivity (Wildman–Crippen MR) is 118 cm³/mol. The van der Waals surface area contributed by atoms with E-state index in [0.29, 0.717) is 13.0 Å². The van der Waals surface area contributed by atoms with Gasteiger partial charge >= 0.3 is 18.2 Å². The zero-order valence-corrected chi connectivity index (χ0v) is 18.0. The number of hydrogen-bond donors (Lipinski definition) is 4. The Kier molecular flexibility index (Phi) is 10.5. The van der Waals surface area contributed by atoms with Crippen LogP contribution < -0.4 is 16.0 Å². The Hall–Kier alpha value is -3.59. The van der Waals surface area contributed by atoms with Gasteiger partial charge in [0.1, 0.15) is 19.3 Å². The normalized spacial score (nSPS) is 12.3. The van der Waals surface area contributed by atoms with E-state index in [9.17, 15) is 19.5 Å². The Morgan fingerprint density at radius 2 is 1.34 bits per heavy atom. The molecule has 0 aromatic heterocycles. The number of carboxylic acids is 1. The highest BCUT2D eigenvalue weighted by Crippen LogP contribution is 2.03. The van der Waals surface area contributed by atoms with Gasteiger partial charge in [0.05, 0.1) is 6.17 Å². The summed E-state index contributed by atoms with van der Waals surface area (Å²) >= 11 is 0. The molecule has 0 saturated carbocycles. The summed E-state index contributed by atoms with van der Waals surface area (Å²) in [6.07, 6.45) is -1.05. The van der Waals surface area contributed by atoms with Crippen LogP contribution >= 0.6 is 0 Å². The molecule has 0 bridgehead atoms. The molecule has 0 fully saturated rings. The van der Waals surface area contributed by atoms with E-state index in [1.165, 1.54) is 0 Å². The first-order valence-electron chi connectivity index (χ1n) is 10.3. The van der Waals surface area contributed by atoms with Crippen LogP contribution in [0.25, 0.3) is 0 Å². The molecule has 0 radical (unpaired) electrons. The van der Waals surface area contributed by atoms with Gasteiger partial charge in [-0.3, -0.25) is 5.32 Å². The molecule has 0 spiro atoms. The fourth-order valence-electron chi connectivity index (χ4n) is 2.78. The van der Waals surface area contributed by atoms with Crippen LogP contribution in [0.4, 0.5) is 9.59 Å². The molecule has 0 aliphatic carbocycles. The molecule has 2 aromatic rings. The van der Waals surface area contributed by atoms with Crippen molar-refractivity contribution in [2.45, 2.75) is 45.2 Å². The maximum Gasteiger partial charge on any atom is 0.408 e. The molecule has 0 saturated heterocycles. The van der Waals surface area contributed by atoms with E-state index in [2.05, 4.69) is 16.0 Å². The van der Waals surface area contributed by atoms with Gasteiger partial charge in [-0.05, 0) is 37.4 Å². The predicted octanol–water partition coefficient (Wildman–Crippen LogP) is 3.01. The van der Waals surface area contributed by atoms with Gasteiger partial charge in [-0.15, -0.1) is 0 Å². The summed E-state index contributed by atoms with van der Waals surface area (Å²) in [5, 5.41) is 17.4. The monoisotopic (exact) mass is 443 g/mol. The van der Waals surface area contributed by atoms with E-state index in [0.717, 1.165) is 11.1 Å². The largest absolute Gasteiger partial charge is 0.480 e. The van der Waals surface area contributed by atoms with Crippen LogP contribution in [0.15, 0.2) is 60.7 Å². The number of alkyl carbamates (subject to hydrolysis) is 2. The van der Waals surface area contributed by atoms with Crippen molar-refractivity contribution in [1.82, 2.24) is 16.0 Å². The van der Waals surface area contributed by atoms with Crippen molar-refractivity contribution in [3.05, 3.63) is 71.8 Å². The van der Waals surface area contributed by atoms with Gasteiger partial charge in [0.2, 0.25) is 0 Å². The minimum absolute atomic E-state index is 0.0596. The number of carbonyl (C=O) groups excluding carboxylic acids is 2. The minimum atomic E-state index is -1.14. The summed E-state index contributed by atoms with van der Waals surface area (Å²) in [7, 11) is 0. The first kappa shape index (κ1) is 24.7. The number of carbonyl (C=O) groups is 3. The lowest BCUT2D eigenvalue weighted by Crippen LogP contribution is -2.44. The van der Waals surface area contributed by atoms with E-state index in [4.69, 9.17) is 9.47 Å². The second-order valence-corrected chi connectivity index (χ2v) is 7.12. The van der Waals surface area contributed by atoms with Gasteiger partial charge in [-0.1, -0.05) is 60.7 Å². The summed E-state index contributed by atoms with van der Waals surface area (Å²) in [5.41, 5.74) is 1.69. The zero-order chi connectivity index (χ0) is 23.2. The number of hydrogen-bond acceptors (Lipinski definition) is 6. The highest BCUT2D eigenvalue weighted by atomic mass is 16.6. The van der Waals surface area contributed by atoms with Crippen LogP contribution in [0.3, 0.4) is 0 Å². The van der Waals surface area contributed by atoms with Crippen LogP contribution in [-0.4, -0.2) is 42.0 Å². The standard InChI is InChI=1S/C23H29N3O6/c1-17(25-22(29)31-15-18-9-4-2-5-10-18)24-14-8-13-20(21(27)28)26-23(30)32-16-19-11-6-3-7-12-19/h2-7,9-12,17,20,24H,8,13-16H2,1H3,(H,25,29)(H,26,30)(H,27,28). The number of benzene rings is 2. The smallest absolute Gasteiger partial charge is 0.408 e. The summed E-state index contributed by atoms with van der Waals surface area (Å²) in [5.74, 6) is -1.14. The molecule has 2 aromatic carbocycles. The lowest BCUT2D eigenvalue weighted by atomic mass is 10.1. The zero-order valence-electron chi connectivity index (χ0n) is 18.0. The van der Waals surface area contributed by atoms with E-state index < -0.39 is 24.2 Å². The van der Waals surface area contributed by atoms with Crippen molar-refractivity contribution < 1.29 is 29.0 Å². The molecule has 9 heteroatoms. The number of ether oxygens (including phenoxy) is 2. The average Bonchev–Trinajstić information content (AvgIpc) is 2.79. The van der Waals surface area contributed by atoms with Gasteiger partial charge in [0.15, 0.2) is 0 Å². The number of nitrogens with one attached hydrogen (secondary N) is 3. The third-order valence-corrected chi connectivity index (χ3v) is 4.47. The third-order valence-electron chi connectivity index (χ3n) is 4.47. The highest BCUT2D eigenvalue weighted by molar-refractivity contribution is 5.79. The molecule has 2 unspecified atom stereocenters. The molecule has 2 atom stereocenters. The summed E-state index contributed by atoms with van der Waals surface area (Å²) < 4.78 is 10.2. The van der Waals surface area contributed by atoms with Crippen LogP contribution in [0, 0.1) is 0 Å². The van der Waals surface area contributed by atoms with Crippen molar-refractivity contribution in [3.8, 4) is 0 Å². The molecular formula is C23H29N3O6. The van der Waals surface area contributed by atoms with E-state index in [1.807, 2.05) is 48.5 Å². The van der Waals surface area contributed by atoms with Crippen LogP contribution in [-0.2, 0) is 27.5 Å². The van der Waals surface area contributed by atoms with Crippen LogP contribution in [0.5, 0.6) is 0 Å². The third kappa shape index (κ3) is 9.94. The highest BCUT2D eigenvalue weighted by Gasteiger charge is 2.20. The Morgan fingerprint density at radius 1 is 0.844 bits per heavy atom. The van der Waals surface area contributed by atoms with Crippen molar-refractivity contribution >= 4 is 18.2 Å². The molecule has 0 aliphatic heterocycles. The molecular weight excluding hydrogens is 414 g/mol. The maximum absolute atomic E-state index is 11.9. The van der Waals surface area contributed by atoms with Crippen molar-refractivity contribution in [3.63, 3.8) is 0 Å². The molecule has 172 valence electrons. The Bertz CT molecular complexity index is 847. The van der Waals surface area contributed by atoms with E-state index >= 15 is 0 Å². The van der Waals surface area contributed by atoms with Gasteiger partial charge < -0.3 is 25.2 Å². The molecule has 32 heavy (non-hydrogen) atoms. The molecule has 2 amide bonds. The summed E-state index contributed by atoms with van der Waals surface area (Å²) in [4.78, 5) is 35.1. The second-order valence-electron chi connectivity index (χ2n) is 7.12. The number of amides is 2. The second kappa shape index (κ2) is 13.7. The molecule has 2 rings (SSSR count). The summed E-state index contributed by atoms with van der Waals surface area (Å²) in [6.45, 7) is 2.41. The lowest BCUT2D eigenvalue weighted by Gasteiger charge is -2.17. The van der Waals surface area contributed by atoms with Crippen LogP contribution in [0.1, 0.15) is 30.9 Å². The summed E-state index contributed by atoms with van der Waals surface area (Å²) in [6, 6.07) is 17.4. The van der Waals surface area contributed by atoms with Gasteiger partial charge in [-0.25, -0.2) is 14.4 Å². The van der Waals surface area contributed by atoms with Crippen molar-refractivity contribution in [2.24, 2.45) is 0 Å². The molecule has 0 aliphatic rings. The number of rotatable bonds is 12. The minimum Gasteiger partial charge on any atom is -0.480 e. The molecule has 0 heterocycles. The van der Waals surface area contributed by atoms with Gasteiger partial charge in [-0.2, -0.15) is 0 Å². The Labute approximate surface area is 187 Å². The van der Waals surface area contributed by atoms with Gasteiger partial charge in [0, 0.05) is 0 Å². The average molecular weight is 444 g/mol. The fraction of sp³-hybridized carbons (Fsp3) is 0.348. The SMILES string of the molecule is CC(NCCCC(NC(=O)OCc1ccccc1)C(=O)O)NC(=O)OCc1ccccc1. The Morgan fingerprint density at radius 3 is 1.84 bits per heavy atom. The van der Waals surface area contributed by atoms with E-state index in [-0.39, 0.29) is 25.8 Å². The number of carboxylic acid groups (broad SMARTS) is 1. The fourth-order valence-corrected chi connectivity index (χ4v) is 2.78. The maximum atomic E-state index is 11.9. The van der Waals surface area contributed by atoms with Crippen molar-refractivity contribution in [1.29, 1.82) is 0 Å². The lowest BCUT2D eigenvalue weighted by molar-refractivity contribution is -0.139. The quantitative estimate of drug-likeness (QED) is 0.293. The van der Waals surface area contributed by atoms with Crippen LogP contribution in [0.2, 0.25) is 0 Å². The topological polar surface area (TPSA) is 126 Å². The molecule has 4 N–H and O–H groups in total. The van der Waals surface area contributed by atoms with E-state index in [1.54, 1.807) is 19.1 Å². The molecule has 9 nitrogen and oxygen atoms in total. The number of aliphatic carboxylic acids is 1. The first-order chi connectivity index (χ1) is 15.4. The van der Waals surface area contributed by atoms with Crippen molar-refractivity contribution in [2.75, 3.05) is 6.54 Å². The Balaban J connectivity index is 1.61. The van der Waals surface area contributed by atoms with Gasteiger partial charge in [0.25, 0.3) is 0 Å².